The highest BCUT2D eigenvalue weighted by atomic mass is 35.5. The van der Waals surface area contributed by atoms with Crippen LogP contribution in [0.15, 0.2) is 29.6 Å². The molecule has 23 heavy (non-hydrogen) atoms. The Morgan fingerprint density at radius 3 is 2.74 bits per heavy atom. The molecule has 4 nitrogen and oxygen atoms in total. The number of carbonyl (C=O) groups is 1. The van der Waals surface area contributed by atoms with Gasteiger partial charge in [-0.05, 0) is 33.2 Å². The van der Waals surface area contributed by atoms with E-state index in [-0.39, 0.29) is 5.91 Å². The summed E-state index contributed by atoms with van der Waals surface area (Å²) in [5.41, 5.74) is 1.81. The van der Waals surface area contributed by atoms with Crippen molar-refractivity contribution in [2.24, 2.45) is 0 Å². The van der Waals surface area contributed by atoms with Crippen molar-refractivity contribution in [3.8, 4) is 10.6 Å². The van der Waals surface area contributed by atoms with Gasteiger partial charge in [-0.15, -0.1) is 11.3 Å². The third-order valence-electron chi connectivity index (χ3n) is 3.51. The van der Waals surface area contributed by atoms with E-state index in [1.807, 2.05) is 55.6 Å². The summed E-state index contributed by atoms with van der Waals surface area (Å²) in [6.45, 7) is 4.34. The molecular weight excluding hydrogens is 330 g/mol. The molecule has 1 aromatic heterocycles. The second-order valence-corrected chi connectivity index (χ2v) is 6.90. The molecule has 0 aliphatic rings. The van der Waals surface area contributed by atoms with Gasteiger partial charge in [-0.3, -0.25) is 4.79 Å². The Hall–Kier alpha value is -1.43. The van der Waals surface area contributed by atoms with Crippen molar-refractivity contribution >= 4 is 28.8 Å². The van der Waals surface area contributed by atoms with Crippen molar-refractivity contribution < 1.29 is 4.79 Å². The van der Waals surface area contributed by atoms with Crippen LogP contribution >= 0.6 is 22.9 Å². The average molecular weight is 352 g/mol. The van der Waals surface area contributed by atoms with Crippen LogP contribution in [0, 0.1) is 0 Å². The van der Waals surface area contributed by atoms with Crippen molar-refractivity contribution in [3.05, 3.63) is 40.4 Å². The third-order valence-corrected chi connectivity index (χ3v) is 4.68. The van der Waals surface area contributed by atoms with Gasteiger partial charge in [0.2, 0.25) is 5.91 Å². The summed E-state index contributed by atoms with van der Waals surface area (Å²) < 4.78 is 0. The van der Waals surface area contributed by atoms with Crippen LogP contribution in [0.3, 0.4) is 0 Å². The van der Waals surface area contributed by atoms with Crippen molar-refractivity contribution in [2.75, 3.05) is 33.7 Å². The molecule has 0 fully saturated rings. The molecule has 124 valence electrons. The first-order chi connectivity index (χ1) is 11.0. The monoisotopic (exact) mass is 351 g/mol. The predicted molar refractivity (Wildman–Crippen MR) is 97.1 cm³/mol. The van der Waals surface area contributed by atoms with Crippen LogP contribution in [-0.4, -0.2) is 54.4 Å². The number of likely N-dealkylation sites (N-methyl/N-ethyl adjacent to an activating group) is 2. The maximum absolute atomic E-state index is 12.4. The first kappa shape index (κ1) is 17.9. The van der Waals surface area contributed by atoms with Crippen LogP contribution in [0.2, 0.25) is 5.02 Å². The number of halogens is 1. The average Bonchev–Trinajstić information content (AvgIpc) is 2.96. The molecule has 6 heteroatoms. The Balaban J connectivity index is 2.01. The van der Waals surface area contributed by atoms with Crippen LogP contribution in [0.25, 0.3) is 10.6 Å². The van der Waals surface area contributed by atoms with E-state index in [1.54, 1.807) is 11.3 Å². The van der Waals surface area contributed by atoms with Gasteiger partial charge in [-0.2, -0.15) is 0 Å². The summed E-state index contributed by atoms with van der Waals surface area (Å²) in [7, 11) is 4.02. The van der Waals surface area contributed by atoms with E-state index in [2.05, 4.69) is 9.88 Å². The number of hydrogen-bond acceptors (Lipinski definition) is 4. The van der Waals surface area contributed by atoms with Gasteiger partial charge in [0.15, 0.2) is 0 Å². The minimum Gasteiger partial charge on any atom is -0.341 e. The summed E-state index contributed by atoms with van der Waals surface area (Å²) in [4.78, 5) is 20.9. The Morgan fingerprint density at radius 1 is 1.30 bits per heavy atom. The second kappa shape index (κ2) is 8.43. The number of hydrogen-bond donors (Lipinski definition) is 0. The van der Waals surface area contributed by atoms with Gasteiger partial charge in [0.05, 0.1) is 12.1 Å². The normalized spacial score (nSPS) is 11.0. The van der Waals surface area contributed by atoms with Crippen LogP contribution < -0.4 is 0 Å². The minimum atomic E-state index is 0.122. The van der Waals surface area contributed by atoms with E-state index >= 15 is 0 Å². The molecule has 0 unspecified atom stereocenters. The summed E-state index contributed by atoms with van der Waals surface area (Å²) in [6.07, 6.45) is 0.346. The topological polar surface area (TPSA) is 36.4 Å². The minimum absolute atomic E-state index is 0.122. The smallest absolute Gasteiger partial charge is 0.228 e. The molecule has 2 aromatic rings. The summed E-state index contributed by atoms with van der Waals surface area (Å²) in [5, 5.41) is 3.54. The zero-order valence-electron chi connectivity index (χ0n) is 13.8. The molecule has 0 N–H and O–H groups in total. The molecule has 0 spiro atoms. The molecule has 0 atom stereocenters. The Morgan fingerprint density at radius 2 is 2.09 bits per heavy atom. The molecule has 2 rings (SSSR count). The van der Waals surface area contributed by atoms with E-state index in [9.17, 15) is 4.79 Å². The van der Waals surface area contributed by atoms with Crippen LogP contribution in [0.5, 0.6) is 0 Å². The number of nitrogens with zero attached hydrogens (tertiary/aromatic N) is 3. The van der Waals surface area contributed by atoms with Crippen LogP contribution in [0.4, 0.5) is 0 Å². The van der Waals surface area contributed by atoms with Crippen LogP contribution in [0.1, 0.15) is 12.6 Å². The largest absolute Gasteiger partial charge is 0.341 e. The summed E-state index contributed by atoms with van der Waals surface area (Å²) >= 11 is 7.56. The van der Waals surface area contributed by atoms with Gasteiger partial charge in [-0.25, -0.2) is 4.98 Å². The molecule has 0 bridgehead atoms. The quantitative estimate of drug-likeness (QED) is 0.767. The number of rotatable bonds is 7. The van der Waals surface area contributed by atoms with E-state index in [0.29, 0.717) is 11.4 Å². The number of amides is 1. The Labute approximate surface area is 146 Å². The van der Waals surface area contributed by atoms with Gasteiger partial charge < -0.3 is 9.80 Å². The first-order valence-corrected chi connectivity index (χ1v) is 8.88. The van der Waals surface area contributed by atoms with Crippen LogP contribution in [-0.2, 0) is 11.2 Å². The SMILES string of the molecule is CCN(CCN(C)C)C(=O)Cc1csc(-c2cccc(Cl)c2)n1. The van der Waals surface area contributed by atoms with Gasteiger partial charge in [0, 0.05) is 35.6 Å². The fraction of sp³-hybridized carbons (Fsp3) is 0.412. The number of thiazole rings is 1. The summed E-state index contributed by atoms with van der Waals surface area (Å²) in [6, 6.07) is 7.62. The lowest BCUT2D eigenvalue weighted by molar-refractivity contribution is -0.130. The lowest BCUT2D eigenvalue weighted by atomic mass is 10.2. The molecule has 1 aromatic carbocycles. The maximum atomic E-state index is 12.4. The van der Waals surface area contributed by atoms with Gasteiger partial charge in [-0.1, -0.05) is 23.7 Å². The highest BCUT2D eigenvalue weighted by Crippen LogP contribution is 2.26. The third kappa shape index (κ3) is 5.30. The maximum Gasteiger partial charge on any atom is 0.228 e. The van der Waals surface area contributed by atoms with E-state index < -0.39 is 0 Å². The summed E-state index contributed by atoms with van der Waals surface area (Å²) in [5.74, 6) is 0.122. The zero-order chi connectivity index (χ0) is 16.8. The van der Waals surface area contributed by atoms with Gasteiger partial charge in [0.25, 0.3) is 0 Å². The second-order valence-electron chi connectivity index (χ2n) is 5.61. The number of aromatic nitrogens is 1. The van der Waals surface area contributed by atoms with Crippen molar-refractivity contribution in [1.82, 2.24) is 14.8 Å². The van der Waals surface area contributed by atoms with Crippen molar-refractivity contribution in [1.29, 1.82) is 0 Å². The Kier molecular flexibility index (Phi) is 6.57. The van der Waals surface area contributed by atoms with E-state index in [0.717, 1.165) is 35.9 Å². The molecule has 1 heterocycles. The molecule has 0 aliphatic heterocycles. The lowest BCUT2D eigenvalue weighted by Crippen LogP contribution is -2.37. The van der Waals surface area contributed by atoms with Crippen molar-refractivity contribution in [2.45, 2.75) is 13.3 Å². The molecular formula is C17H22ClN3OS. The standard InChI is InChI=1S/C17H22ClN3OS/c1-4-21(9-8-20(2)3)16(22)11-15-12-23-17(19-15)13-6-5-7-14(18)10-13/h5-7,10,12H,4,8-9,11H2,1-3H3. The highest BCUT2D eigenvalue weighted by molar-refractivity contribution is 7.13. The van der Waals surface area contributed by atoms with Gasteiger partial charge >= 0.3 is 0 Å². The van der Waals surface area contributed by atoms with Crippen molar-refractivity contribution in [3.63, 3.8) is 0 Å². The molecule has 1 amide bonds. The first-order valence-electron chi connectivity index (χ1n) is 7.62. The molecule has 0 saturated heterocycles. The zero-order valence-corrected chi connectivity index (χ0v) is 15.3. The predicted octanol–water partition coefficient (Wildman–Crippen LogP) is 3.42. The fourth-order valence-electron chi connectivity index (χ4n) is 2.19. The molecule has 0 aliphatic carbocycles. The lowest BCUT2D eigenvalue weighted by Gasteiger charge is -2.22. The molecule has 0 saturated carbocycles. The fourth-order valence-corrected chi connectivity index (χ4v) is 3.20. The molecule has 0 radical (unpaired) electrons. The number of carbonyl (C=O) groups excluding carboxylic acids is 1. The van der Waals surface area contributed by atoms with Gasteiger partial charge in [0.1, 0.15) is 5.01 Å². The Bertz CT molecular complexity index is 657. The highest BCUT2D eigenvalue weighted by Gasteiger charge is 2.15. The van der Waals surface area contributed by atoms with E-state index in [4.69, 9.17) is 11.6 Å². The number of benzene rings is 1. The van der Waals surface area contributed by atoms with E-state index in [1.165, 1.54) is 0 Å².